The summed E-state index contributed by atoms with van der Waals surface area (Å²) in [6, 6.07) is 5.81. The van der Waals surface area contributed by atoms with Crippen LogP contribution in [0.25, 0.3) is 0 Å². The van der Waals surface area contributed by atoms with E-state index >= 15 is 0 Å². The molecule has 96 valence electrons. The van der Waals surface area contributed by atoms with E-state index in [1.54, 1.807) is 6.07 Å². The monoisotopic (exact) mass is 253 g/mol. The van der Waals surface area contributed by atoms with Crippen LogP contribution in [0.4, 0.5) is 5.69 Å². The number of anilines is 1. The Hall–Kier alpha value is -0.830. The van der Waals surface area contributed by atoms with Crippen molar-refractivity contribution in [3.63, 3.8) is 0 Å². The van der Waals surface area contributed by atoms with Gasteiger partial charge < -0.3 is 10.0 Å². The van der Waals surface area contributed by atoms with Crippen LogP contribution in [0.15, 0.2) is 23.1 Å². The third kappa shape index (κ3) is 3.84. The molecule has 0 radical (unpaired) electrons. The predicted molar refractivity (Wildman–Crippen MR) is 77.3 cm³/mol. The van der Waals surface area contributed by atoms with Crippen LogP contribution >= 0.6 is 11.8 Å². The maximum Gasteiger partial charge on any atom is 0.138 e. The molecule has 1 aromatic carbocycles. The fourth-order valence-electron chi connectivity index (χ4n) is 1.48. The first-order valence-corrected chi connectivity index (χ1v) is 6.83. The molecule has 0 aliphatic carbocycles. The maximum absolute atomic E-state index is 9.95. The smallest absolute Gasteiger partial charge is 0.138 e. The highest BCUT2D eigenvalue weighted by atomic mass is 32.2. The van der Waals surface area contributed by atoms with E-state index < -0.39 is 0 Å². The second-order valence-electron chi connectivity index (χ2n) is 5.55. The lowest BCUT2D eigenvalue weighted by molar-refractivity contribution is 0.463. The normalized spacial score (nSPS) is 11.9. The highest BCUT2D eigenvalue weighted by Gasteiger charge is 2.20. The van der Waals surface area contributed by atoms with Gasteiger partial charge in [-0.25, -0.2) is 0 Å². The minimum atomic E-state index is -0.00139. The minimum absolute atomic E-state index is 0.00139. The predicted octanol–water partition coefficient (Wildman–Crippen LogP) is 4.13. The quantitative estimate of drug-likeness (QED) is 0.819. The zero-order valence-electron chi connectivity index (χ0n) is 11.6. The van der Waals surface area contributed by atoms with Crippen molar-refractivity contribution in [2.75, 3.05) is 11.9 Å². The molecular formula is C14H23NOS. The van der Waals surface area contributed by atoms with Crippen LogP contribution in [0.1, 0.15) is 34.6 Å². The molecule has 1 aromatic rings. The Balaban J connectivity index is 3.06. The summed E-state index contributed by atoms with van der Waals surface area (Å²) in [7, 11) is 2.01. The van der Waals surface area contributed by atoms with Gasteiger partial charge in [-0.15, -0.1) is 11.8 Å². The van der Waals surface area contributed by atoms with Crippen molar-refractivity contribution in [2.24, 2.45) is 0 Å². The molecular weight excluding hydrogens is 230 g/mol. The molecule has 0 aliphatic heterocycles. The van der Waals surface area contributed by atoms with E-state index in [1.165, 1.54) is 4.90 Å². The standard InChI is InChI=1S/C14H23NOS/c1-10(2)17-11-7-8-13(16)12(9-11)15(6)14(3,4)5/h7-10,16H,1-6H3. The zero-order valence-corrected chi connectivity index (χ0v) is 12.4. The van der Waals surface area contributed by atoms with Gasteiger partial charge in [0.25, 0.3) is 0 Å². The Morgan fingerprint density at radius 2 is 1.82 bits per heavy atom. The summed E-state index contributed by atoms with van der Waals surface area (Å²) >= 11 is 1.81. The first-order chi connectivity index (χ1) is 7.71. The zero-order chi connectivity index (χ0) is 13.2. The first-order valence-electron chi connectivity index (χ1n) is 5.95. The van der Waals surface area contributed by atoms with Crippen LogP contribution in [0.2, 0.25) is 0 Å². The highest BCUT2D eigenvalue weighted by Crippen LogP contribution is 2.35. The Labute approximate surface area is 109 Å². The first kappa shape index (κ1) is 14.2. The summed E-state index contributed by atoms with van der Waals surface area (Å²) in [6.45, 7) is 10.7. The summed E-state index contributed by atoms with van der Waals surface area (Å²) in [4.78, 5) is 3.30. The van der Waals surface area contributed by atoms with E-state index in [0.29, 0.717) is 11.0 Å². The number of hydrogen-bond acceptors (Lipinski definition) is 3. The number of phenolic OH excluding ortho intramolecular Hbond substituents is 1. The van der Waals surface area contributed by atoms with Crippen LogP contribution in [-0.4, -0.2) is 22.9 Å². The second kappa shape index (κ2) is 5.21. The van der Waals surface area contributed by atoms with Gasteiger partial charge in [0, 0.05) is 22.7 Å². The summed E-state index contributed by atoms with van der Waals surface area (Å²) in [6.07, 6.45) is 0. The molecule has 0 unspecified atom stereocenters. The summed E-state index contributed by atoms with van der Waals surface area (Å²) in [5.74, 6) is 0.343. The van der Waals surface area contributed by atoms with Crippen LogP contribution in [0.3, 0.4) is 0 Å². The number of benzene rings is 1. The molecule has 17 heavy (non-hydrogen) atoms. The number of aromatic hydroxyl groups is 1. The van der Waals surface area contributed by atoms with Crippen molar-refractivity contribution in [3.8, 4) is 5.75 Å². The van der Waals surface area contributed by atoms with E-state index in [9.17, 15) is 5.11 Å². The number of nitrogens with zero attached hydrogens (tertiary/aromatic N) is 1. The fraction of sp³-hybridized carbons (Fsp3) is 0.571. The van der Waals surface area contributed by atoms with Crippen LogP contribution < -0.4 is 4.90 Å². The molecule has 0 amide bonds. The molecule has 0 fully saturated rings. The molecule has 0 saturated carbocycles. The number of phenols is 1. The molecule has 0 spiro atoms. The molecule has 3 heteroatoms. The molecule has 1 N–H and O–H groups in total. The van der Waals surface area contributed by atoms with E-state index in [-0.39, 0.29) is 5.54 Å². The van der Waals surface area contributed by atoms with Gasteiger partial charge in [-0.1, -0.05) is 13.8 Å². The number of rotatable bonds is 3. The van der Waals surface area contributed by atoms with Crippen LogP contribution in [-0.2, 0) is 0 Å². The fourth-order valence-corrected chi connectivity index (χ4v) is 2.35. The van der Waals surface area contributed by atoms with Crippen molar-refractivity contribution in [1.29, 1.82) is 0 Å². The van der Waals surface area contributed by atoms with Crippen molar-refractivity contribution >= 4 is 17.4 Å². The molecule has 0 aromatic heterocycles. The average Bonchev–Trinajstić information content (AvgIpc) is 2.18. The van der Waals surface area contributed by atoms with Gasteiger partial charge >= 0.3 is 0 Å². The molecule has 0 saturated heterocycles. The average molecular weight is 253 g/mol. The Morgan fingerprint density at radius 1 is 1.24 bits per heavy atom. The third-order valence-electron chi connectivity index (χ3n) is 2.69. The van der Waals surface area contributed by atoms with Gasteiger partial charge in [0.1, 0.15) is 5.75 Å². The van der Waals surface area contributed by atoms with Gasteiger partial charge in [-0.2, -0.15) is 0 Å². The highest BCUT2D eigenvalue weighted by molar-refractivity contribution is 7.99. The Bertz CT molecular complexity index is 382. The molecule has 0 bridgehead atoms. The number of hydrogen-bond donors (Lipinski definition) is 1. The van der Waals surface area contributed by atoms with E-state index in [4.69, 9.17) is 0 Å². The van der Waals surface area contributed by atoms with Crippen molar-refractivity contribution < 1.29 is 5.11 Å². The van der Waals surface area contributed by atoms with Crippen LogP contribution in [0.5, 0.6) is 5.75 Å². The molecule has 0 atom stereocenters. The molecule has 1 rings (SSSR count). The number of thioether (sulfide) groups is 1. The lowest BCUT2D eigenvalue weighted by Crippen LogP contribution is -2.38. The second-order valence-corrected chi connectivity index (χ2v) is 7.20. The summed E-state index contributed by atoms with van der Waals surface area (Å²) in [5.41, 5.74) is 0.890. The Kier molecular flexibility index (Phi) is 4.36. The van der Waals surface area contributed by atoms with Crippen molar-refractivity contribution in [2.45, 2.75) is 50.3 Å². The summed E-state index contributed by atoms with van der Waals surface area (Å²) < 4.78 is 0. The van der Waals surface area contributed by atoms with E-state index in [2.05, 4.69) is 45.6 Å². The lowest BCUT2D eigenvalue weighted by Gasteiger charge is -2.34. The third-order valence-corrected chi connectivity index (χ3v) is 3.68. The Morgan fingerprint density at radius 3 is 2.29 bits per heavy atom. The van der Waals surface area contributed by atoms with Gasteiger partial charge in [0.15, 0.2) is 0 Å². The van der Waals surface area contributed by atoms with E-state index in [0.717, 1.165) is 5.69 Å². The van der Waals surface area contributed by atoms with Crippen molar-refractivity contribution in [1.82, 2.24) is 0 Å². The van der Waals surface area contributed by atoms with E-state index in [1.807, 2.05) is 24.9 Å². The maximum atomic E-state index is 9.95. The largest absolute Gasteiger partial charge is 0.506 e. The van der Waals surface area contributed by atoms with Crippen LogP contribution in [0, 0.1) is 0 Å². The SMILES string of the molecule is CC(C)Sc1ccc(O)c(N(C)C(C)(C)C)c1. The minimum Gasteiger partial charge on any atom is -0.506 e. The van der Waals surface area contributed by atoms with Crippen molar-refractivity contribution in [3.05, 3.63) is 18.2 Å². The topological polar surface area (TPSA) is 23.5 Å². The summed E-state index contributed by atoms with van der Waals surface area (Å²) in [5, 5.41) is 10.5. The molecule has 2 nitrogen and oxygen atoms in total. The van der Waals surface area contributed by atoms with Gasteiger partial charge in [-0.05, 0) is 39.0 Å². The van der Waals surface area contributed by atoms with Gasteiger partial charge in [0.05, 0.1) is 5.69 Å². The van der Waals surface area contributed by atoms with Gasteiger partial charge in [-0.3, -0.25) is 0 Å². The lowest BCUT2D eigenvalue weighted by atomic mass is 10.1. The molecule has 0 heterocycles. The van der Waals surface area contributed by atoms with Gasteiger partial charge in [0.2, 0.25) is 0 Å². The molecule has 0 aliphatic rings.